The van der Waals surface area contributed by atoms with E-state index in [2.05, 4.69) is 48.9 Å². The monoisotopic (exact) mass is 798 g/mol. The number of esters is 2. The first-order chi connectivity index (χ1) is 27.0. The minimum atomic E-state index is -0.735. The molecule has 11 nitrogen and oxygen atoms in total. The van der Waals surface area contributed by atoms with E-state index in [4.69, 9.17) is 10.5 Å². The molecule has 0 aliphatic rings. The third-order valence-corrected chi connectivity index (χ3v) is 11.4. The van der Waals surface area contributed by atoms with E-state index >= 15 is 0 Å². The number of benzene rings is 1. The second-order valence-corrected chi connectivity index (χ2v) is 15.8. The molecule has 298 valence electrons. The van der Waals surface area contributed by atoms with Crippen LogP contribution in [0.4, 0.5) is 11.6 Å². The van der Waals surface area contributed by atoms with Gasteiger partial charge in [-0.2, -0.15) is 0 Å². The number of ether oxygens (including phenoxy) is 2. The molecule has 0 bridgehead atoms. The lowest BCUT2D eigenvalue weighted by molar-refractivity contribution is -0.143. The number of nitrogens with one attached hydrogen (secondary N) is 3. The quantitative estimate of drug-likeness (QED) is 0.0689. The average Bonchev–Trinajstić information content (AvgIpc) is 3.86. The van der Waals surface area contributed by atoms with Crippen molar-refractivity contribution in [3.8, 4) is 0 Å². The number of aryl methyl sites for hydroxylation is 6. The Kier molecular flexibility index (Phi) is 17.5. The predicted octanol–water partition coefficient (Wildman–Crippen LogP) is 6.89. The summed E-state index contributed by atoms with van der Waals surface area (Å²) in [6, 6.07) is 24.7. The number of anilines is 2. The fourth-order valence-electron chi connectivity index (χ4n) is 6.13. The molecule has 0 saturated heterocycles. The third kappa shape index (κ3) is 13.6. The van der Waals surface area contributed by atoms with Crippen LogP contribution >= 0.6 is 22.7 Å². The van der Waals surface area contributed by atoms with E-state index in [0.717, 1.165) is 82.4 Å². The van der Waals surface area contributed by atoms with Crippen molar-refractivity contribution in [3.63, 3.8) is 0 Å². The van der Waals surface area contributed by atoms with Crippen LogP contribution in [0.5, 0.6) is 0 Å². The molecule has 0 aliphatic heterocycles. The molecule has 0 radical (unpaired) electrons. The van der Waals surface area contributed by atoms with Gasteiger partial charge in [-0.15, -0.1) is 22.7 Å². The van der Waals surface area contributed by atoms with E-state index < -0.39 is 18.1 Å². The predicted molar refractivity (Wildman–Crippen MR) is 227 cm³/mol. The van der Waals surface area contributed by atoms with Crippen molar-refractivity contribution in [3.05, 3.63) is 126 Å². The number of pyridine rings is 2. The largest absolute Gasteiger partial charge is 0.468 e. The molecule has 56 heavy (non-hydrogen) atoms. The fraction of sp³-hybridized carbons (Fsp3) is 0.372. The molecule has 0 fully saturated rings. The molecule has 2 atom stereocenters. The number of hydrogen-bond donors (Lipinski definition) is 4. The number of carbonyl (C=O) groups excluding carboxylic acids is 3. The van der Waals surface area contributed by atoms with Gasteiger partial charge >= 0.3 is 11.9 Å². The van der Waals surface area contributed by atoms with Crippen LogP contribution < -0.4 is 21.7 Å². The molecule has 0 spiro atoms. The second kappa shape index (κ2) is 22.4. The highest BCUT2D eigenvalue weighted by atomic mass is 32.1. The van der Waals surface area contributed by atoms with Crippen LogP contribution in [0.3, 0.4) is 0 Å². The van der Waals surface area contributed by atoms with Gasteiger partial charge in [0, 0.05) is 63.4 Å². The minimum absolute atomic E-state index is 0.255. The molecule has 0 saturated carbocycles. The highest BCUT2D eigenvalue weighted by Gasteiger charge is 2.25. The van der Waals surface area contributed by atoms with E-state index in [0.29, 0.717) is 18.4 Å². The number of amides is 1. The highest BCUT2D eigenvalue weighted by Crippen LogP contribution is 2.23. The molecular weight excluding hydrogens is 745 g/mol. The standard InChI is InChI=1S/C26H31N3O3S.C17H23N3O2S/c1-17-8-5-9-18(2)24(17)25(30)29-22(26(31)32-4)16-21-15-14-20(33-21)12-6-10-19-11-7-13-23(27-3)28-19;1-19-16-8-4-6-12(20-16)5-3-7-13-9-10-14(23-13)11-15(18)17(21)22-2/h5,7-9,11,13-15,22H,6,10,12,16H2,1-4H3,(H,27,28)(H,29,30);4,6,8-10,15H,3,5,7,11,18H2,1-2H3,(H,19,20)/t22-;15-/m00/s1. The summed E-state index contributed by atoms with van der Waals surface area (Å²) < 4.78 is 9.61. The Balaban J connectivity index is 0.000000265. The first-order valence-corrected chi connectivity index (χ1v) is 20.4. The van der Waals surface area contributed by atoms with Crippen LogP contribution in [-0.2, 0) is 57.6 Å². The van der Waals surface area contributed by atoms with Crippen molar-refractivity contribution in [2.24, 2.45) is 5.73 Å². The molecule has 1 amide bonds. The van der Waals surface area contributed by atoms with Crippen molar-refractivity contribution in [1.29, 1.82) is 0 Å². The van der Waals surface area contributed by atoms with Gasteiger partial charge in [-0.05, 0) is 112 Å². The topological polar surface area (TPSA) is 158 Å². The average molecular weight is 799 g/mol. The molecule has 4 heterocycles. The fourth-order valence-corrected chi connectivity index (χ4v) is 8.35. The Morgan fingerprint density at radius 1 is 0.643 bits per heavy atom. The Hall–Kier alpha value is -5.11. The molecule has 5 rings (SSSR count). The zero-order valence-corrected chi connectivity index (χ0v) is 34.8. The second-order valence-electron chi connectivity index (χ2n) is 13.3. The Labute approximate surface area is 338 Å². The van der Waals surface area contributed by atoms with E-state index in [-0.39, 0.29) is 11.9 Å². The van der Waals surface area contributed by atoms with Crippen LogP contribution in [0.25, 0.3) is 0 Å². The van der Waals surface area contributed by atoms with E-state index in [1.807, 2.05) is 88.6 Å². The maximum absolute atomic E-state index is 12.9. The Morgan fingerprint density at radius 3 is 1.59 bits per heavy atom. The first kappa shape index (κ1) is 43.6. The maximum Gasteiger partial charge on any atom is 0.328 e. The summed E-state index contributed by atoms with van der Waals surface area (Å²) in [6.07, 6.45) is 6.76. The molecule has 1 aromatic carbocycles. The van der Waals surface area contributed by atoms with Crippen molar-refractivity contribution < 1.29 is 23.9 Å². The number of nitrogens with two attached hydrogens (primary N) is 1. The number of thiophene rings is 2. The summed E-state index contributed by atoms with van der Waals surface area (Å²) >= 11 is 3.38. The number of nitrogens with zero attached hydrogens (tertiary/aromatic N) is 2. The Bertz CT molecular complexity index is 2010. The van der Waals surface area contributed by atoms with Gasteiger partial charge in [0.2, 0.25) is 0 Å². The lowest BCUT2D eigenvalue weighted by Gasteiger charge is -2.17. The Morgan fingerprint density at radius 2 is 1.11 bits per heavy atom. The maximum atomic E-state index is 12.9. The van der Waals surface area contributed by atoms with Crippen molar-refractivity contribution >= 4 is 52.2 Å². The number of aromatic nitrogens is 2. The first-order valence-electron chi connectivity index (χ1n) is 18.7. The summed E-state index contributed by atoms with van der Waals surface area (Å²) in [5, 5.41) is 8.99. The van der Waals surface area contributed by atoms with Crippen LogP contribution in [0.15, 0.2) is 78.9 Å². The van der Waals surface area contributed by atoms with Gasteiger partial charge in [-0.3, -0.25) is 9.59 Å². The van der Waals surface area contributed by atoms with Gasteiger partial charge in [0.1, 0.15) is 23.7 Å². The molecule has 0 aliphatic carbocycles. The zero-order chi connectivity index (χ0) is 40.5. The molecule has 5 N–H and O–H groups in total. The highest BCUT2D eigenvalue weighted by molar-refractivity contribution is 7.12. The van der Waals surface area contributed by atoms with Crippen LogP contribution in [0.1, 0.15) is 65.2 Å². The summed E-state index contributed by atoms with van der Waals surface area (Å²) in [5.74, 6) is 0.713. The molecule has 13 heteroatoms. The lowest BCUT2D eigenvalue weighted by Crippen LogP contribution is -2.43. The van der Waals surface area contributed by atoms with Crippen LogP contribution in [0, 0.1) is 13.8 Å². The molecule has 4 aromatic heterocycles. The van der Waals surface area contributed by atoms with Gasteiger partial charge in [0.25, 0.3) is 5.91 Å². The third-order valence-electron chi connectivity index (χ3n) is 9.10. The summed E-state index contributed by atoms with van der Waals surface area (Å²) in [6.45, 7) is 3.79. The lowest BCUT2D eigenvalue weighted by atomic mass is 10.0. The number of hydrogen-bond acceptors (Lipinski definition) is 12. The smallest absolute Gasteiger partial charge is 0.328 e. The normalized spacial score (nSPS) is 11.8. The summed E-state index contributed by atoms with van der Waals surface area (Å²) in [5.41, 5.74) is 10.3. The van der Waals surface area contributed by atoms with Crippen molar-refractivity contribution in [2.45, 2.75) is 77.3 Å². The van der Waals surface area contributed by atoms with Crippen LogP contribution in [0.2, 0.25) is 0 Å². The van der Waals surface area contributed by atoms with Crippen LogP contribution in [-0.4, -0.2) is 68.2 Å². The van der Waals surface area contributed by atoms with E-state index in [1.165, 1.54) is 24.0 Å². The van der Waals surface area contributed by atoms with Gasteiger partial charge in [0.15, 0.2) is 0 Å². The SMILES string of the molecule is CNc1cccc(CCCc2ccc(C[C@H](N)C(=O)OC)s2)n1.CNc1cccc(CCCc2ccc(C[C@H](NC(=O)c3c(C)cccc3C)C(=O)OC)s2)n1. The number of rotatable bonds is 18. The van der Waals surface area contributed by atoms with Crippen molar-refractivity contribution in [1.82, 2.24) is 15.3 Å². The van der Waals surface area contributed by atoms with Gasteiger partial charge in [-0.25, -0.2) is 14.8 Å². The molecular formula is C43H54N6O5S2. The number of carbonyl (C=O) groups is 3. The van der Waals surface area contributed by atoms with E-state index in [1.54, 1.807) is 22.7 Å². The number of methoxy groups -OCH3 is 2. The van der Waals surface area contributed by atoms with Gasteiger partial charge < -0.3 is 31.2 Å². The van der Waals surface area contributed by atoms with Crippen molar-refractivity contribution in [2.75, 3.05) is 38.9 Å². The zero-order valence-electron chi connectivity index (χ0n) is 33.1. The van der Waals surface area contributed by atoms with Gasteiger partial charge in [-0.1, -0.05) is 30.3 Å². The minimum Gasteiger partial charge on any atom is -0.468 e. The van der Waals surface area contributed by atoms with E-state index in [9.17, 15) is 14.4 Å². The molecule has 5 aromatic rings. The molecule has 0 unspecified atom stereocenters. The summed E-state index contributed by atoms with van der Waals surface area (Å²) in [7, 11) is 6.44. The van der Waals surface area contributed by atoms with Gasteiger partial charge in [0.05, 0.1) is 14.2 Å². The summed E-state index contributed by atoms with van der Waals surface area (Å²) in [4.78, 5) is 50.5.